The van der Waals surface area contributed by atoms with Gasteiger partial charge in [0.05, 0.1) is 10.5 Å². The van der Waals surface area contributed by atoms with E-state index in [-0.39, 0.29) is 16.3 Å². The van der Waals surface area contributed by atoms with Gasteiger partial charge in [-0.1, -0.05) is 78.9 Å². The van der Waals surface area contributed by atoms with Gasteiger partial charge in [-0.15, -0.1) is 0 Å². The van der Waals surface area contributed by atoms with Crippen molar-refractivity contribution in [3.63, 3.8) is 0 Å². The lowest BCUT2D eigenvalue weighted by molar-refractivity contribution is -0.384. The van der Waals surface area contributed by atoms with E-state index in [1.165, 1.54) is 6.07 Å². The minimum atomic E-state index is -0.389. The Morgan fingerprint density at radius 2 is 1.56 bits per heavy atom. The van der Waals surface area contributed by atoms with Gasteiger partial charge in [-0.25, -0.2) is 0 Å². The molecule has 6 nitrogen and oxygen atoms in total. The van der Waals surface area contributed by atoms with Gasteiger partial charge >= 0.3 is 0 Å². The van der Waals surface area contributed by atoms with Gasteiger partial charge in [0.2, 0.25) is 0 Å². The van der Waals surface area contributed by atoms with Crippen LogP contribution in [0.5, 0.6) is 0 Å². The molecule has 1 N–H and O–H groups in total. The van der Waals surface area contributed by atoms with Crippen LogP contribution >= 0.6 is 0 Å². The van der Waals surface area contributed by atoms with E-state index in [1.54, 1.807) is 36.5 Å². The SMILES string of the molecule is N=C(c1ccccc1)c1oc2ccc(-c3ccccc3[N+](=O)[O-])cc2c1N=Cc1ccccc1. The predicted octanol–water partition coefficient (Wildman–Crippen LogP) is 7.17. The molecule has 0 aliphatic heterocycles. The molecule has 0 atom stereocenters. The molecule has 1 heterocycles. The molecule has 6 heteroatoms. The van der Waals surface area contributed by atoms with Crippen molar-refractivity contribution in [3.8, 4) is 11.1 Å². The number of nitro groups is 1. The van der Waals surface area contributed by atoms with E-state index < -0.39 is 0 Å². The third-order valence-corrected chi connectivity index (χ3v) is 5.51. The lowest BCUT2D eigenvalue weighted by Crippen LogP contribution is -1.99. The molecule has 5 rings (SSSR count). The molecule has 164 valence electrons. The smallest absolute Gasteiger partial charge is 0.277 e. The van der Waals surface area contributed by atoms with Crippen LogP contribution in [0.4, 0.5) is 11.4 Å². The fourth-order valence-corrected chi connectivity index (χ4v) is 3.84. The third kappa shape index (κ3) is 4.00. The number of hydrogen-bond donors (Lipinski definition) is 1. The molecule has 0 aliphatic rings. The van der Waals surface area contributed by atoms with Crippen LogP contribution in [-0.4, -0.2) is 16.8 Å². The number of furan rings is 1. The van der Waals surface area contributed by atoms with Crippen molar-refractivity contribution in [1.29, 1.82) is 5.41 Å². The first-order valence-corrected chi connectivity index (χ1v) is 10.7. The second kappa shape index (κ2) is 8.96. The number of nitro benzene ring substituents is 1. The predicted molar refractivity (Wildman–Crippen MR) is 134 cm³/mol. The molecule has 4 aromatic carbocycles. The molecule has 0 unspecified atom stereocenters. The quantitative estimate of drug-likeness (QED) is 0.170. The van der Waals surface area contributed by atoms with Crippen LogP contribution in [0.2, 0.25) is 0 Å². The van der Waals surface area contributed by atoms with Gasteiger partial charge in [-0.2, -0.15) is 0 Å². The van der Waals surface area contributed by atoms with Crippen LogP contribution in [0.1, 0.15) is 16.9 Å². The number of fused-ring (bicyclic) bond motifs is 1. The second-order valence-electron chi connectivity index (χ2n) is 7.67. The summed E-state index contributed by atoms with van der Waals surface area (Å²) >= 11 is 0. The zero-order valence-corrected chi connectivity index (χ0v) is 18.0. The maximum absolute atomic E-state index is 11.6. The van der Waals surface area contributed by atoms with Gasteiger partial charge in [-0.3, -0.25) is 20.5 Å². The maximum atomic E-state index is 11.6. The van der Waals surface area contributed by atoms with Crippen molar-refractivity contribution in [2.45, 2.75) is 0 Å². The zero-order valence-electron chi connectivity index (χ0n) is 18.0. The topological polar surface area (TPSA) is 92.5 Å². The molecule has 0 fully saturated rings. The van der Waals surface area contributed by atoms with E-state index in [0.29, 0.717) is 39.1 Å². The summed E-state index contributed by atoms with van der Waals surface area (Å²) in [4.78, 5) is 15.9. The lowest BCUT2D eigenvalue weighted by Gasteiger charge is -2.04. The molecule has 0 saturated heterocycles. The average molecular weight is 445 g/mol. The van der Waals surface area contributed by atoms with Crippen molar-refractivity contribution in [1.82, 2.24) is 0 Å². The van der Waals surface area contributed by atoms with Crippen LogP contribution < -0.4 is 0 Å². The van der Waals surface area contributed by atoms with Gasteiger partial charge in [0.15, 0.2) is 5.76 Å². The van der Waals surface area contributed by atoms with Crippen LogP contribution in [-0.2, 0) is 0 Å². The van der Waals surface area contributed by atoms with Gasteiger partial charge in [0, 0.05) is 23.2 Å². The molecule has 0 amide bonds. The van der Waals surface area contributed by atoms with E-state index in [2.05, 4.69) is 0 Å². The summed E-state index contributed by atoms with van der Waals surface area (Å²) in [5.41, 5.74) is 4.09. The first-order valence-electron chi connectivity index (χ1n) is 10.7. The molecule has 5 aromatic rings. The van der Waals surface area contributed by atoms with Crippen molar-refractivity contribution >= 4 is 34.3 Å². The van der Waals surface area contributed by atoms with Crippen LogP contribution in [0, 0.1) is 15.5 Å². The molecule has 0 radical (unpaired) electrons. The highest BCUT2D eigenvalue weighted by Gasteiger charge is 2.21. The highest BCUT2D eigenvalue weighted by atomic mass is 16.6. The standard InChI is InChI=1S/C28H19N3O3/c29-26(20-11-5-2-6-12-20)28-27(30-18-19-9-3-1-4-10-19)23-17-21(15-16-25(23)34-28)22-13-7-8-14-24(22)31(32)33/h1-18,29H. The number of hydrogen-bond acceptors (Lipinski definition) is 5. The Morgan fingerprint density at radius 3 is 2.29 bits per heavy atom. The Bertz CT molecular complexity index is 1540. The van der Waals surface area contributed by atoms with Gasteiger partial charge < -0.3 is 4.42 Å². The number of rotatable bonds is 6. The summed E-state index contributed by atoms with van der Waals surface area (Å²) in [6, 6.07) is 31.0. The molecule has 1 aromatic heterocycles. The van der Waals surface area contributed by atoms with E-state index >= 15 is 0 Å². The van der Waals surface area contributed by atoms with Crippen molar-refractivity contribution < 1.29 is 9.34 Å². The van der Waals surface area contributed by atoms with E-state index in [9.17, 15) is 10.1 Å². The molecule has 0 aliphatic carbocycles. The minimum Gasteiger partial charge on any atom is -0.452 e. The lowest BCUT2D eigenvalue weighted by atomic mass is 10.0. The van der Waals surface area contributed by atoms with E-state index in [4.69, 9.17) is 14.8 Å². The summed E-state index contributed by atoms with van der Waals surface area (Å²) in [7, 11) is 0. The maximum Gasteiger partial charge on any atom is 0.277 e. The van der Waals surface area contributed by atoms with Gasteiger partial charge in [-0.05, 0) is 29.3 Å². The Kier molecular flexibility index (Phi) is 5.54. The van der Waals surface area contributed by atoms with Crippen LogP contribution in [0.15, 0.2) is 113 Å². The Balaban J connectivity index is 1.70. The Hall–Kier alpha value is -4.84. The summed E-state index contributed by atoms with van der Waals surface area (Å²) < 4.78 is 6.10. The summed E-state index contributed by atoms with van der Waals surface area (Å²) in [5, 5.41) is 21.0. The number of nitrogens with zero attached hydrogens (tertiary/aromatic N) is 2. The number of para-hydroxylation sites is 1. The Labute approximate surface area is 195 Å². The third-order valence-electron chi connectivity index (χ3n) is 5.51. The van der Waals surface area contributed by atoms with E-state index in [0.717, 1.165) is 5.56 Å². The van der Waals surface area contributed by atoms with Crippen molar-refractivity contribution in [3.05, 3.63) is 130 Å². The first kappa shape index (κ1) is 21.0. The van der Waals surface area contributed by atoms with Crippen molar-refractivity contribution in [2.24, 2.45) is 4.99 Å². The molecule has 0 saturated carbocycles. The number of aliphatic imine (C=N–C) groups is 1. The van der Waals surface area contributed by atoms with Gasteiger partial charge in [0.1, 0.15) is 17.0 Å². The van der Waals surface area contributed by atoms with Crippen molar-refractivity contribution in [2.75, 3.05) is 0 Å². The second-order valence-corrected chi connectivity index (χ2v) is 7.67. The molecule has 0 bridgehead atoms. The fourth-order valence-electron chi connectivity index (χ4n) is 3.84. The monoisotopic (exact) mass is 445 g/mol. The Morgan fingerprint density at radius 1 is 0.882 bits per heavy atom. The average Bonchev–Trinajstić information content (AvgIpc) is 3.25. The number of benzene rings is 4. The normalized spacial score (nSPS) is 11.2. The molecule has 0 spiro atoms. The highest BCUT2D eigenvalue weighted by Crippen LogP contribution is 2.39. The first-order chi connectivity index (χ1) is 16.6. The van der Waals surface area contributed by atoms with Crippen LogP contribution in [0.25, 0.3) is 22.1 Å². The summed E-state index contributed by atoms with van der Waals surface area (Å²) in [6.45, 7) is 0. The number of nitrogens with one attached hydrogen (secondary N) is 1. The highest BCUT2D eigenvalue weighted by molar-refractivity contribution is 6.16. The molecule has 34 heavy (non-hydrogen) atoms. The summed E-state index contributed by atoms with van der Waals surface area (Å²) in [6.07, 6.45) is 1.73. The largest absolute Gasteiger partial charge is 0.452 e. The van der Waals surface area contributed by atoms with Crippen LogP contribution in [0.3, 0.4) is 0 Å². The zero-order chi connectivity index (χ0) is 23.5. The summed E-state index contributed by atoms with van der Waals surface area (Å²) in [5.74, 6) is 0.341. The minimum absolute atomic E-state index is 0.0249. The fraction of sp³-hybridized carbons (Fsp3) is 0. The molecular weight excluding hydrogens is 426 g/mol. The molecular formula is C28H19N3O3. The van der Waals surface area contributed by atoms with Gasteiger partial charge in [0.25, 0.3) is 5.69 Å². The van der Waals surface area contributed by atoms with E-state index in [1.807, 2.05) is 66.7 Å².